The van der Waals surface area contributed by atoms with Gasteiger partial charge in [0.25, 0.3) is 11.5 Å². The molecule has 0 aliphatic carbocycles. The summed E-state index contributed by atoms with van der Waals surface area (Å²) in [4.78, 5) is 41.5. The van der Waals surface area contributed by atoms with Crippen LogP contribution >= 0.6 is 0 Å². The van der Waals surface area contributed by atoms with E-state index in [2.05, 4.69) is 4.98 Å². The van der Waals surface area contributed by atoms with E-state index in [0.717, 1.165) is 18.1 Å². The van der Waals surface area contributed by atoms with Gasteiger partial charge in [-0.15, -0.1) is 0 Å². The summed E-state index contributed by atoms with van der Waals surface area (Å²) in [5, 5.41) is 0. The van der Waals surface area contributed by atoms with Crippen LogP contribution in [0.25, 0.3) is 0 Å². The van der Waals surface area contributed by atoms with E-state index in [1.54, 1.807) is 24.3 Å². The lowest BCUT2D eigenvalue weighted by Gasteiger charge is -2.24. The molecule has 1 heterocycles. The van der Waals surface area contributed by atoms with Crippen LogP contribution in [-0.4, -0.2) is 22.1 Å². The van der Waals surface area contributed by atoms with Crippen LogP contribution in [0, 0.1) is 5.82 Å². The topological polar surface area (TPSA) is 110 Å². The van der Waals surface area contributed by atoms with Crippen molar-refractivity contribution in [3.05, 3.63) is 86.8 Å². The van der Waals surface area contributed by atoms with Crippen LogP contribution in [0.4, 0.5) is 15.9 Å². The lowest BCUT2D eigenvalue weighted by atomic mass is 10.2. The third kappa shape index (κ3) is 5.42. The SMILES string of the molecule is CCCCn1c(N)c(N(Cc2ccccc2)C(=O)COc2cccc(F)c2)c(=O)[nH]c1=O. The van der Waals surface area contributed by atoms with Crippen molar-refractivity contribution >= 4 is 17.4 Å². The first-order valence-corrected chi connectivity index (χ1v) is 10.3. The highest BCUT2D eigenvalue weighted by Crippen LogP contribution is 2.21. The Morgan fingerprint density at radius 2 is 1.91 bits per heavy atom. The number of unbranched alkanes of at least 4 members (excludes halogenated alkanes) is 1. The summed E-state index contributed by atoms with van der Waals surface area (Å²) in [6, 6.07) is 14.4. The lowest BCUT2D eigenvalue weighted by molar-refractivity contribution is -0.120. The Morgan fingerprint density at radius 1 is 1.16 bits per heavy atom. The first-order valence-electron chi connectivity index (χ1n) is 10.3. The van der Waals surface area contributed by atoms with Crippen LogP contribution in [0.2, 0.25) is 0 Å². The molecule has 1 aromatic heterocycles. The van der Waals surface area contributed by atoms with E-state index in [1.807, 2.05) is 13.0 Å². The number of halogens is 1. The molecule has 1 amide bonds. The molecule has 0 aliphatic heterocycles. The zero-order chi connectivity index (χ0) is 23.1. The second kappa shape index (κ2) is 10.4. The van der Waals surface area contributed by atoms with Gasteiger partial charge in [-0.25, -0.2) is 9.18 Å². The molecule has 0 saturated carbocycles. The van der Waals surface area contributed by atoms with Gasteiger partial charge in [-0.05, 0) is 24.1 Å². The number of nitrogens with zero attached hydrogens (tertiary/aromatic N) is 2. The molecule has 0 aliphatic rings. The third-order valence-electron chi connectivity index (χ3n) is 4.86. The molecule has 0 atom stereocenters. The van der Waals surface area contributed by atoms with Crippen molar-refractivity contribution in [2.24, 2.45) is 0 Å². The molecule has 3 aromatic rings. The number of H-pyrrole nitrogens is 1. The smallest absolute Gasteiger partial charge is 0.330 e. The van der Waals surface area contributed by atoms with Gasteiger partial charge < -0.3 is 10.5 Å². The highest BCUT2D eigenvalue weighted by atomic mass is 19.1. The minimum absolute atomic E-state index is 0.0332. The molecule has 0 bridgehead atoms. The average molecular weight is 440 g/mol. The van der Waals surface area contributed by atoms with Gasteiger partial charge in [0.15, 0.2) is 12.3 Å². The Kier molecular flexibility index (Phi) is 7.43. The number of hydrogen-bond acceptors (Lipinski definition) is 5. The number of hydrogen-bond donors (Lipinski definition) is 2. The Labute approximate surface area is 184 Å². The molecular formula is C23H25FN4O4. The maximum Gasteiger partial charge on any atom is 0.330 e. The number of benzene rings is 2. The van der Waals surface area contributed by atoms with Crippen LogP contribution in [-0.2, 0) is 17.9 Å². The van der Waals surface area contributed by atoms with Crippen LogP contribution in [0.15, 0.2) is 64.2 Å². The van der Waals surface area contributed by atoms with Crippen LogP contribution in [0.3, 0.4) is 0 Å². The summed E-state index contributed by atoms with van der Waals surface area (Å²) in [5.74, 6) is -0.995. The Hall–Kier alpha value is -3.88. The Balaban J connectivity index is 1.98. The molecule has 3 rings (SSSR count). The Morgan fingerprint density at radius 3 is 2.59 bits per heavy atom. The normalized spacial score (nSPS) is 10.7. The summed E-state index contributed by atoms with van der Waals surface area (Å²) in [6.45, 7) is 1.84. The number of nitrogen functional groups attached to an aromatic ring is 1. The lowest BCUT2D eigenvalue weighted by Crippen LogP contribution is -2.42. The molecule has 0 saturated heterocycles. The van der Waals surface area contributed by atoms with Gasteiger partial charge in [-0.3, -0.25) is 24.0 Å². The predicted octanol–water partition coefficient (Wildman–Crippen LogP) is 2.67. The summed E-state index contributed by atoms with van der Waals surface area (Å²) in [6.07, 6.45) is 1.49. The van der Waals surface area contributed by atoms with Crippen molar-refractivity contribution in [3.8, 4) is 5.75 Å². The van der Waals surface area contributed by atoms with E-state index in [1.165, 1.54) is 27.7 Å². The molecule has 0 unspecified atom stereocenters. The molecule has 0 radical (unpaired) electrons. The zero-order valence-electron chi connectivity index (χ0n) is 17.7. The monoisotopic (exact) mass is 440 g/mol. The number of carbonyl (C=O) groups excluding carboxylic acids is 1. The highest BCUT2D eigenvalue weighted by Gasteiger charge is 2.25. The summed E-state index contributed by atoms with van der Waals surface area (Å²) in [7, 11) is 0. The van der Waals surface area contributed by atoms with E-state index in [-0.39, 0.29) is 23.8 Å². The van der Waals surface area contributed by atoms with Crippen LogP contribution in [0.5, 0.6) is 5.75 Å². The van der Waals surface area contributed by atoms with Crippen molar-refractivity contribution in [3.63, 3.8) is 0 Å². The second-order valence-corrected chi connectivity index (χ2v) is 7.21. The van der Waals surface area contributed by atoms with Crippen molar-refractivity contribution in [1.29, 1.82) is 0 Å². The Bertz CT molecular complexity index is 1190. The largest absolute Gasteiger partial charge is 0.484 e. The maximum atomic E-state index is 13.4. The van der Waals surface area contributed by atoms with Gasteiger partial charge in [0.2, 0.25) is 0 Å². The van der Waals surface area contributed by atoms with Gasteiger partial charge in [0.1, 0.15) is 17.4 Å². The molecule has 168 valence electrons. The van der Waals surface area contributed by atoms with Gasteiger partial charge in [-0.2, -0.15) is 0 Å². The fraction of sp³-hybridized carbons (Fsp3) is 0.261. The second-order valence-electron chi connectivity index (χ2n) is 7.21. The summed E-state index contributed by atoms with van der Waals surface area (Å²) >= 11 is 0. The first-order chi connectivity index (χ1) is 15.4. The fourth-order valence-corrected chi connectivity index (χ4v) is 3.21. The molecule has 0 spiro atoms. The number of anilines is 2. The minimum atomic E-state index is -0.768. The summed E-state index contributed by atoms with van der Waals surface area (Å²) < 4.78 is 20.1. The van der Waals surface area contributed by atoms with Crippen LogP contribution < -0.4 is 26.6 Å². The maximum absolute atomic E-state index is 13.4. The standard InChI is InChI=1S/C23H25FN4O4/c1-2-3-12-27-21(25)20(22(30)26-23(27)31)28(14-16-8-5-4-6-9-16)19(29)15-32-18-11-7-10-17(24)13-18/h4-11,13H,2-3,12,14-15,25H2,1H3,(H,26,30,31). The molecule has 8 nitrogen and oxygen atoms in total. The van der Waals surface area contributed by atoms with Crippen molar-refractivity contribution in [2.75, 3.05) is 17.2 Å². The van der Waals surface area contributed by atoms with Gasteiger partial charge in [-0.1, -0.05) is 49.7 Å². The van der Waals surface area contributed by atoms with E-state index < -0.39 is 29.6 Å². The van der Waals surface area contributed by atoms with E-state index in [9.17, 15) is 18.8 Å². The number of aromatic nitrogens is 2. The molecule has 9 heteroatoms. The molecule has 3 N–H and O–H groups in total. The van der Waals surface area contributed by atoms with E-state index >= 15 is 0 Å². The zero-order valence-corrected chi connectivity index (χ0v) is 17.7. The van der Waals surface area contributed by atoms with Gasteiger partial charge >= 0.3 is 5.69 Å². The number of amides is 1. The van der Waals surface area contributed by atoms with Crippen molar-refractivity contribution in [1.82, 2.24) is 9.55 Å². The average Bonchev–Trinajstić information content (AvgIpc) is 2.77. The number of nitrogens with two attached hydrogens (primary N) is 1. The van der Waals surface area contributed by atoms with Gasteiger partial charge in [0, 0.05) is 12.6 Å². The number of ether oxygens (including phenoxy) is 1. The summed E-state index contributed by atoms with van der Waals surface area (Å²) in [5.41, 5.74) is 5.42. The quantitative estimate of drug-likeness (QED) is 0.532. The van der Waals surface area contributed by atoms with E-state index in [0.29, 0.717) is 13.0 Å². The number of rotatable bonds is 9. The highest BCUT2D eigenvalue weighted by molar-refractivity contribution is 5.96. The molecule has 32 heavy (non-hydrogen) atoms. The first kappa shape index (κ1) is 22.8. The van der Waals surface area contributed by atoms with E-state index in [4.69, 9.17) is 10.5 Å². The van der Waals surface area contributed by atoms with Crippen LogP contribution in [0.1, 0.15) is 25.3 Å². The number of aromatic amines is 1. The molecule has 0 fully saturated rings. The fourth-order valence-electron chi connectivity index (χ4n) is 3.21. The minimum Gasteiger partial charge on any atom is -0.484 e. The molecule has 2 aromatic carbocycles. The number of nitrogens with one attached hydrogen (secondary N) is 1. The van der Waals surface area contributed by atoms with Crippen molar-refractivity contribution in [2.45, 2.75) is 32.9 Å². The number of carbonyl (C=O) groups is 1. The van der Waals surface area contributed by atoms with Crippen molar-refractivity contribution < 1.29 is 13.9 Å². The van der Waals surface area contributed by atoms with Gasteiger partial charge in [0.05, 0.1) is 6.54 Å². The third-order valence-corrected chi connectivity index (χ3v) is 4.86. The molecular weight excluding hydrogens is 415 g/mol. The predicted molar refractivity (Wildman–Crippen MR) is 120 cm³/mol.